The standard InChI is InChI=1S/C20H25N3O3/c1-21-8-5-15-4-3-14(11-17(15)21)13-23-9-6-20(7-10-23)16(19(25)26)12-18(24)22(20)2/h3-5,8,11,16H,6-7,9-10,12-13H2,1-2H3,(H,25,26)/t16-/m1/s1. The van der Waals surface area contributed by atoms with E-state index in [1.807, 2.05) is 0 Å². The number of aryl methyl sites for hydroxylation is 1. The van der Waals surface area contributed by atoms with Gasteiger partial charge in [0.15, 0.2) is 0 Å². The smallest absolute Gasteiger partial charge is 0.309 e. The van der Waals surface area contributed by atoms with E-state index in [1.165, 1.54) is 16.5 Å². The van der Waals surface area contributed by atoms with Crippen molar-refractivity contribution in [2.45, 2.75) is 31.3 Å². The molecule has 1 aromatic heterocycles. The van der Waals surface area contributed by atoms with E-state index in [1.54, 1.807) is 11.9 Å². The molecular weight excluding hydrogens is 330 g/mol. The molecule has 0 saturated carbocycles. The molecule has 4 rings (SSSR count). The number of aromatic nitrogens is 1. The number of carbonyl (C=O) groups is 2. The van der Waals surface area contributed by atoms with Crippen molar-refractivity contribution >= 4 is 22.8 Å². The van der Waals surface area contributed by atoms with Crippen LogP contribution in [0.1, 0.15) is 24.8 Å². The van der Waals surface area contributed by atoms with E-state index < -0.39 is 17.4 Å². The summed E-state index contributed by atoms with van der Waals surface area (Å²) in [7, 11) is 3.82. The Morgan fingerprint density at radius 3 is 2.65 bits per heavy atom. The van der Waals surface area contributed by atoms with Crippen LogP contribution in [-0.4, -0.2) is 57.0 Å². The minimum Gasteiger partial charge on any atom is -0.481 e. The second kappa shape index (κ2) is 6.13. The maximum atomic E-state index is 12.1. The monoisotopic (exact) mass is 355 g/mol. The maximum Gasteiger partial charge on any atom is 0.309 e. The van der Waals surface area contributed by atoms with Gasteiger partial charge in [-0.3, -0.25) is 14.5 Å². The Morgan fingerprint density at radius 1 is 1.23 bits per heavy atom. The van der Waals surface area contributed by atoms with E-state index in [0.29, 0.717) is 0 Å². The van der Waals surface area contributed by atoms with Gasteiger partial charge in [-0.1, -0.05) is 12.1 Å². The lowest BCUT2D eigenvalue weighted by molar-refractivity contribution is -0.146. The van der Waals surface area contributed by atoms with Gasteiger partial charge in [0.05, 0.1) is 11.5 Å². The Bertz CT molecular complexity index is 864. The van der Waals surface area contributed by atoms with Gasteiger partial charge in [0.25, 0.3) is 0 Å². The summed E-state index contributed by atoms with van der Waals surface area (Å²) in [4.78, 5) is 27.9. The maximum absolute atomic E-state index is 12.1. The normalized spacial score (nSPS) is 23.2. The molecule has 138 valence electrons. The molecule has 0 aliphatic carbocycles. The summed E-state index contributed by atoms with van der Waals surface area (Å²) in [6.45, 7) is 2.48. The third-order valence-electron chi connectivity index (χ3n) is 6.45. The van der Waals surface area contributed by atoms with Crippen LogP contribution in [0.4, 0.5) is 0 Å². The SMILES string of the molecule is CN1C(=O)C[C@H](C(=O)O)C12CCN(Cc1ccc3ccn(C)c3c1)CC2. The Morgan fingerprint density at radius 2 is 1.96 bits per heavy atom. The molecule has 3 heterocycles. The lowest BCUT2D eigenvalue weighted by Crippen LogP contribution is -2.55. The Kier molecular flexibility index (Phi) is 4.03. The molecule has 2 fully saturated rings. The lowest BCUT2D eigenvalue weighted by Gasteiger charge is -2.45. The van der Waals surface area contributed by atoms with Gasteiger partial charge in [-0.2, -0.15) is 0 Å². The fourth-order valence-electron chi connectivity index (χ4n) is 4.75. The number of hydrogen-bond donors (Lipinski definition) is 1. The molecule has 6 heteroatoms. The van der Waals surface area contributed by atoms with Crippen LogP contribution in [0.2, 0.25) is 0 Å². The van der Waals surface area contributed by atoms with Gasteiger partial charge in [0.1, 0.15) is 0 Å². The largest absolute Gasteiger partial charge is 0.481 e. The molecule has 1 atom stereocenters. The van der Waals surface area contributed by atoms with E-state index in [-0.39, 0.29) is 12.3 Å². The van der Waals surface area contributed by atoms with Crippen LogP contribution >= 0.6 is 0 Å². The van der Waals surface area contributed by atoms with Crippen LogP contribution in [0, 0.1) is 5.92 Å². The molecule has 1 N–H and O–H groups in total. The summed E-state index contributed by atoms with van der Waals surface area (Å²) in [5, 5.41) is 10.8. The van der Waals surface area contributed by atoms with Gasteiger partial charge in [-0.15, -0.1) is 0 Å². The van der Waals surface area contributed by atoms with Crippen LogP contribution in [0.15, 0.2) is 30.5 Å². The first kappa shape index (κ1) is 17.1. The van der Waals surface area contributed by atoms with Gasteiger partial charge < -0.3 is 14.6 Å². The van der Waals surface area contributed by atoms with E-state index in [0.717, 1.165) is 32.5 Å². The number of carboxylic acids is 1. The van der Waals surface area contributed by atoms with Crippen molar-refractivity contribution in [2.24, 2.45) is 13.0 Å². The number of amides is 1. The molecule has 2 saturated heterocycles. The van der Waals surface area contributed by atoms with Crippen molar-refractivity contribution in [2.75, 3.05) is 20.1 Å². The van der Waals surface area contributed by atoms with Crippen LogP contribution in [0.5, 0.6) is 0 Å². The van der Waals surface area contributed by atoms with Crippen molar-refractivity contribution in [1.29, 1.82) is 0 Å². The molecule has 2 aromatic rings. The van der Waals surface area contributed by atoms with E-state index >= 15 is 0 Å². The number of carboxylic acid groups (broad SMARTS) is 1. The van der Waals surface area contributed by atoms with Gasteiger partial charge in [-0.05, 0) is 35.9 Å². The predicted octanol–water partition coefficient (Wildman–Crippen LogP) is 2.08. The first-order valence-corrected chi connectivity index (χ1v) is 9.16. The molecule has 0 unspecified atom stereocenters. The average molecular weight is 355 g/mol. The second-order valence-corrected chi connectivity index (χ2v) is 7.75. The number of rotatable bonds is 3. The number of aliphatic carboxylic acids is 1. The summed E-state index contributed by atoms with van der Waals surface area (Å²) in [6, 6.07) is 8.66. The number of nitrogens with zero attached hydrogens (tertiary/aromatic N) is 3. The number of carbonyl (C=O) groups excluding carboxylic acids is 1. The molecule has 1 amide bonds. The molecule has 0 bridgehead atoms. The fourth-order valence-corrected chi connectivity index (χ4v) is 4.75. The molecule has 26 heavy (non-hydrogen) atoms. The topological polar surface area (TPSA) is 65.8 Å². The second-order valence-electron chi connectivity index (χ2n) is 7.75. The zero-order chi connectivity index (χ0) is 18.5. The zero-order valence-corrected chi connectivity index (χ0v) is 15.3. The molecule has 2 aliphatic heterocycles. The first-order valence-electron chi connectivity index (χ1n) is 9.16. The van der Waals surface area contributed by atoms with Crippen molar-refractivity contribution in [1.82, 2.24) is 14.4 Å². The van der Waals surface area contributed by atoms with Crippen molar-refractivity contribution < 1.29 is 14.7 Å². The summed E-state index contributed by atoms with van der Waals surface area (Å²) in [5.41, 5.74) is 1.98. The van der Waals surface area contributed by atoms with Gasteiger partial charge >= 0.3 is 5.97 Å². The van der Waals surface area contributed by atoms with Gasteiger partial charge in [-0.25, -0.2) is 0 Å². The van der Waals surface area contributed by atoms with Crippen molar-refractivity contribution in [3.05, 3.63) is 36.0 Å². The van der Waals surface area contributed by atoms with E-state index in [9.17, 15) is 14.7 Å². The van der Waals surface area contributed by atoms with Gasteiger partial charge in [0.2, 0.25) is 5.91 Å². The molecule has 6 nitrogen and oxygen atoms in total. The average Bonchev–Trinajstić information content (AvgIpc) is 3.11. The first-order chi connectivity index (χ1) is 12.4. The molecular formula is C20H25N3O3. The highest BCUT2D eigenvalue weighted by molar-refractivity contribution is 5.88. The summed E-state index contributed by atoms with van der Waals surface area (Å²) < 4.78 is 2.13. The lowest BCUT2D eigenvalue weighted by atomic mass is 9.77. The van der Waals surface area contributed by atoms with Crippen molar-refractivity contribution in [3.63, 3.8) is 0 Å². The number of benzene rings is 1. The fraction of sp³-hybridized carbons (Fsp3) is 0.500. The van der Waals surface area contributed by atoms with Crippen molar-refractivity contribution in [3.8, 4) is 0 Å². The Labute approximate surface area is 153 Å². The van der Waals surface area contributed by atoms with Crippen LogP contribution in [0.3, 0.4) is 0 Å². The minimum absolute atomic E-state index is 0.0417. The third kappa shape index (κ3) is 2.60. The Hall–Kier alpha value is -2.34. The van der Waals surface area contributed by atoms with Crippen LogP contribution in [0.25, 0.3) is 10.9 Å². The highest BCUT2D eigenvalue weighted by Crippen LogP contribution is 2.43. The highest BCUT2D eigenvalue weighted by Gasteiger charge is 2.55. The molecule has 1 aromatic carbocycles. The molecule has 0 radical (unpaired) electrons. The summed E-state index contributed by atoms with van der Waals surface area (Å²) in [5.74, 6) is -1.47. The Balaban J connectivity index is 1.48. The number of hydrogen-bond acceptors (Lipinski definition) is 3. The highest BCUT2D eigenvalue weighted by atomic mass is 16.4. The summed E-state index contributed by atoms with van der Waals surface area (Å²) in [6.07, 6.45) is 3.64. The number of likely N-dealkylation sites (tertiary alicyclic amines) is 2. The zero-order valence-electron chi connectivity index (χ0n) is 15.3. The predicted molar refractivity (Wildman–Crippen MR) is 98.7 cm³/mol. The van der Waals surface area contributed by atoms with Gasteiger partial charge in [0, 0.05) is 51.9 Å². The summed E-state index contributed by atoms with van der Waals surface area (Å²) >= 11 is 0. The van der Waals surface area contributed by atoms with E-state index in [2.05, 4.69) is 47.0 Å². The molecule has 1 spiro atoms. The van der Waals surface area contributed by atoms with E-state index in [4.69, 9.17) is 0 Å². The molecule has 2 aliphatic rings. The quantitative estimate of drug-likeness (QED) is 0.915. The van der Waals surface area contributed by atoms with Crippen LogP contribution in [-0.2, 0) is 23.2 Å². The number of piperidine rings is 1. The van der Waals surface area contributed by atoms with Crippen LogP contribution < -0.4 is 0 Å². The number of fused-ring (bicyclic) bond motifs is 1. The third-order valence-corrected chi connectivity index (χ3v) is 6.45. The minimum atomic E-state index is -0.842.